The summed E-state index contributed by atoms with van der Waals surface area (Å²) in [6.07, 6.45) is 0.260. The van der Waals surface area contributed by atoms with E-state index in [1.54, 1.807) is 11.8 Å². The van der Waals surface area contributed by atoms with Crippen LogP contribution in [0.5, 0.6) is 0 Å². The highest BCUT2D eigenvalue weighted by atomic mass is 32.2. The summed E-state index contributed by atoms with van der Waals surface area (Å²) in [6, 6.07) is 19.2. The topological polar surface area (TPSA) is 83.0 Å². The van der Waals surface area contributed by atoms with Gasteiger partial charge in [-0.25, -0.2) is 0 Å². The molecule has 0 N–H and O–H groups in total. The van der Waals surface area contributed by atoms with E-state index in [-0.39, 0.29) is 12.3 Å². The van der Waals surface area contributed by atoms with Crippen LogP contribution in [0.1, 0.15) is 18.9 Å². The normalized spacial score (nSPS) is 11.6. The minimum Gasteiger partial charge on any atom is -0.411 e. The van der Waals surface area contributed by atoms with Gasteiger partial charge in [-0.1, -0.05) is 47.7 Å². The number of rotatable bonds is 7. The zero-order valence-electron chi connectivity index (χ0n) is 15.7. The van der Waals surface area contributed by atoms with Crippen LogP contribution in [-0.2, 0) is 4.79 Å². The highest BCUT2D eigenvalue weighted by Gasteiger charge is 2.24. The van der Waals surface area contributed by atoms with Crippen LogP contribution in [0, 0.1) is 18.3 Å². The van der Waals surface area contributed by atoms with Crippen molar-refractivity contribution in [3.63, 3.8) is 0 Å². The van der Waals surface area contributed by atoms with Gasteiger partial charge in [-0.2, -0.15) is 5.26 Å². The lowest BCUT2D eigenvalue weighted by atomic mass is 10.1. The third kappa shape index (κ3) is 4.78. The molecule has 0 saturated heterocycles. The summed E-state index contributed by atoms with van der Waals surface area (Å²) in [6.45, 7) is 4.14. The maximum atomic E-state index is 13.0. The van der Waals surface area contributed by atoms with Gasteiger partial charge in [0.05, 0.1) is 17.7 Å². The maximum Gasteiger partial charge on any atom is 0.277 e. The van der Waals surface area contributed by atoms with Crippen molar-refractivity contribution in [1.29, 1.82) is 5.26 Å². The molecule has 0 unspecified atom stereocenters. The number of aromatic nitrogens is 2. The second-order valence-electron chi connectivity index (χ2n) is 6.23. The number of carbonyl (C=O) groups is 1. The molecule has 0 fully saturated rings. The largest absolute Gasteiger partial charge is 0.411 e. The van der Waals surface area contributed by atoms with Crippen LogP contribution in [0.3, 0.4) is 0 Å². The molecule has 142 valence electrons. The highest BCUT2D eigenvalue weighted by Crippen LogP contribution is 2.28. The number of thioether (sulfide) groups is 1. The minimum atomic E-state index is -0.440. The fraction of sp³-hybridized carbons (Fsp3) is 0.238. The minimum absolute atomic E-state index is 0.110. The first kappa shape index (κ1) is 19.6. The number of hydrogen-bond acceptors (Lipinski definition) is 6. The number of aryl methyl sites for hydroxylation is 1. The van der Waals surface area contributed by atoms with Gasteiger partial charge in [0.2, 0.25) is 11.8 Å². The zero-order chi connectivity index (χ0) is 19.9. The van der Waals surface area contributed by atoms with Crippen LogP contribution < -0.4 is 4.90 Å². The molecule has 28 heavy (non-hydrogen) atoms. The van der Waals surface area contributed by atoms with E-state index in [1.165, 1.54) is 11.8 Å². The number of para-hydroxylation sites is 1. The van der Waals surface area contributed by atoms with Gasteiger partial charge in [0.1, 0.15) is 0 Å². The third-order valence-electron chi connectivity index (χ3n) is 4.11. The van der Waals surface area contributed by atoms with Crippen molar-refractivity contribution in [2.45, 2.75) is 30.7 Å². The van der Waals surface area contributed by atoms with Crippen molar-refractivity contribution < 1.29 is 9.21 Å². The van der Waals surface area contributed by atoms with E-state index in [4.69, 9.17) is 9.68 Å². The quantitative estimate of drug-likeness (QED) is 0.552. The lowest BCUT2D eigenvalue weighted by Crippen LogP contribution is -2.37. The van der Waals surface area contributed by atoms with Crippen molar-refractivity contribution in [3.05, 3.63) is 60.2 Å². The Morgan fingerprint density at radius 2 is 1.89 bits per heavy atom. The standard InChI is InChI=1S/C21H20N4O2S/c1-15-9-11-17(12-10-15)19-23-24-21(27-19)28-16(2)20(26)25(14-6-13-22)18-7-4-3-5-8-18/h3-5,7-12,16H,6,14H2,1-2H3/t16-/m0/s1. The summed E-state index contributed by atoms with van der Waals surface area (Å²) < 4.78 is 5.71. The summed E-state index contributed by atoms with van der Waals surface area (Å²) in [5.74, 6) is 0.313. The van der Waals surface area contributed by atoms with Gasteiger partial charge in [-0.15, -0.1) is 10.2 Å². The number of amides is 1. The average Bonchev–Trinajstić information content (AvgIpc) is 3.18. The van der Waals surface area contributed by atoms with E-state index < -0.39 is 5.25 Å². The summed E-state index contributed by atoms with van der Waals surface area (Å²) in [4.78, 5) is 14.6. The maximum absolute atomic E-state index is 13.0. The molecule has 0 spiro atoms. The smallest absolute Gasteiger partial charge is 0.277 e. The molecule has 1 atom stereocenters. The summed E-state index contributed by atoms with van der Waals surface area (Å²) in [5, 5.41) is 16.9. The first-order chi connectivity index (χ1) is 13.6. The van der Waals surface area contributed by atoms with Crippen molar-refractivity contribution in [2.24, 2.45) is 0 Å². The fourth-order valence-corrected chi connectivity index (χ4v) is 3.37. The van der Waals surface area contributed by atoms with Gasteiger partial charge in [0.25, 0.3) is 5.22 Å². The number of benzene rings is 2. The third-order valence-corrected chi connectivity index (χ3v) is 5.03. The first-order valence-corrected chi connectivity index (χ1v) is 9.77. The Labute approximate surface area is 168 Å². The van der Waals surface area contributed by atoms with E-state index >= 15 is 0 Å². The van der Waals surface area contributed by atoms with Crippen LogP contribution in [0.15, 0.2) is 64.2 Å². The lowest BCUT2D eigenvalue weighted by molar-refractivity contribution is -0.117. The van der Waals surface area contributed by atoms with Gasteiger partial charge in [0, 0.05) is 17.8 Å². The number of carbonyl (C=O) groups excluding carboxylic acids is 1. The molecule has 0 bridgehead atoms. The Balaban J connectivity index is 1.72. The summed E-state index contributed by atoms with van der Waals surface area (Å²) in [7, 11) is 0. The second kappa shape index (κ2) is 9.20. The number of hydrogen-bond donors (Lipinski definition) is 0. The number of nitrogens with zero attached hydrogens (tertiary/aromatic N) is 4. The summed E-state index contributed by atoms with van der Waals surface area (Å²) >= 11 is 1.21. The Hall–Kier alpha value is -3.11. The van der Waals surface area contributed by atoms with Gasteiger partial charge in [-0.05, 0) is 38.1 Å². The van der Waals surface area contributed by atoms with E-state index in [2.05, 4.69) is 16.3 Å². The molecule has 0 aliphatic carbocycles. The predicted molar refractivity (Wildman–Crippen MR) is 109 cm³/mol. The first-order valence-electron chi connectivity index (χ1n) is 8.89. The SMILES string of the molecule is Cc1ccc(-c2nnc(S[C@@H](C)C(=O)N(CCC#N)c3ccccc3)o2)cc1. The Kier molecular flexibility index (Phi) is 6.45. The predicted octanol–water partition coefficient (Wildman–Crippen LogP) is 4.47. The fourth-order valence-electron chi connectivity index (χ4n) is 2.63. The van der Waals surface area contributed by atoms with E-state index in [1.807, 2.05) is 61.5 Å². The molecule has 1 heterocycles. The van der Waals surface area contributed by atoms with Gasteiger partial charge >= 0.3 is 0 Å². The molecular weight excluding hydrogens is 372 g/mol. The number of nitriles is 1. The molecule has 3 aromatic rings. The molecule has 7 heteroatoms. The Bertz CT molecular complexity index is 964. The van der Waals surface area contributed by atoms with Crippen LogP contribution >= 0.6 is 11.8 Å². The van der Waals surface area contributed by atoms with Gasteiger partial charge in [-0.3, -0.25) is 4.79 Å². The monoisotopic (exact) mass is 392 g/mol. The molecule has 6 nitrogen and oxygen atoms in total. The van der Waals surface area contributed by atoms with Gasteiger partial charge in [0.15, 0.2) is 0 Å². The summed E-state index contributed by atoms with van der Waals surface area (Å²) in [5.41, 5.74) is 2.75. The highest BCUT2D eigenvalue weighted by molar-refractivity contribution is 8.00. The van der Waals surface area contributed by atoms with Crippen molar-refractivity contribution in [1.82, 2.24) is 10.2 Å². The average molecular weight is 392 g/mol. The molecule has 2 aromatic carbocycles. The van der Waals surface area contributed by atoms with Gasteiger partial charge < -0.3 is 9.32 Å². The second-order valence-corrected chi connectivity index (χ2v) is 7.52. The van der Waals surface area contributed by atoms with E-state index in [9.17, 15) is 4.79 Å². The van der Waals surface area contributed by atoms with E-state index in [0.717, 1.165) is 16.8 Å². The van der Waals surface area contributed by atoms with Crippen molar-refractivity contribution in [3.8, 4) is 17.5 Å². The molecule has 0 saturated carbocycles. The van der Waals surface area contributed by atoms with Crippen LogP contribution in [-0.4, -0.2) is 27.9 Å². The van der Waals surface area contributed by atoms with Crippen molar-refractivity contribution >= 4 is 23.4 Å². The Morgan fingerprint density at radius 1 is 1.18 bits per heavy atom. The molecule has 1 amide bonds. The Morgan fingerprint density at radius 3 is 2.57 bits per heavy atom. The lowest BCUT2D eigenvalue weighted by Gasteiger charge is -2.24. The molecule has 0 radical (unpaired) electrons. The van der Waals surface area contributed by atoms with Crippen molar-refractivity contribution in [2.75, 3.05) is 11.4 Å². The molecule has 1 aromatic heterocycles. The molecule has 0 aliphatic heterocycles. The zero-order valence-corrected chi connectivity index (χ0v) is 16.5. The van der Waals surface area contributed by atoms with Crippen LogP contribution in [0.2, 0.25) is 0 Å². The van der Waals surface area contributed by atoms with Crippen LogP contribution in [0.25, 0.3) is 11.5 Å². The van der Waals surface area contributed by atoms with Crippen LogP contribution in [0.4, 0.5) is 5.69 Å². The molecule has 0 aliphatic rings. The molecule has 3 rings (SSSR count). The number of anilines is 1. The van der Waals surface area contributed by atoms with E-state index in [0.29, 0.717) is 17.7 Å². The molecular formula is C21H20N4O2S.